The molecule has 30 heavy (non-hydrogen) atoms. The predicted molar refractivity (Wildman–Crippen MR) is 134 cm³/mol. The number of hydrogen-bond acceptors (Lipinski definition) is 6. The Morgan fingerprint density at radius 2 is 1.30 bits per heavy atom. The molecular weight excluding hydrogens is 412 g/mol. The number of nitrogens with zero attached hydrogens (tertiary/aromatic N) is 2. The molecule has 0 bridgehead atoms. The number of aldehydes is 1. The maximum atomic E-state index is 10.7. The van der Waals surface area contributed by atoms with Crippen LogP contribution in [-0.4, -0.2) is 39.5 Å². The van der Waals surface area contributed by atoms with Crippen LogP contribution in [0.15, 0.2) is 46.7 Å². The first-order valence-corrected chi connectivity index (χ1v) is 11.2. The van der Waals surface area contributed by atoms with Gasteiger partial charge < -0.3 is 9.90 Å². The summed E-state index contributed by atoms with van der Waals surface area (Å²) >= 11 is 3.31. The molecule has 0 spiro atoms. The monoisotopic (exact) mass is 452 g/mol. The number of hydrogen-bond donors (Lipinski definition) is 1. The van der Waals surface area contributed by atoms with Gasteiger partial charge in [-0.3, -0.25) is 0 Å². The van der Waals surface area contributed by atoms with E-state index in [9.17, 15) is 4.79 Å². The quantitative estimate of drug-likeness (QED) is 0.365. The molecule has 1 N–H and O–H groups in total. The van der Waals surface area contributed by atoms with Crippen LogP contribution in [0.1, 0.15) is 53.7 Å². The number of aromatic nitrogens is 2. The van der Waals surface area contributed by atoms with Gasteiger partial charge in [-0.05, 0) is 42.5 Å². The second-order valence-corrected chi connectivity index (χ2v) is 10.3. The van der Waals surface area contributed by atoms with Gasteiger partial charge in [0.15, 0.2) is 0 Å². The predicted octanol–water partition coefficient (Wildman–Crippen LogP) is 6.48. The molecule has 0 saturated heterocycles. The van der Waals surface area contributed by atoms with E-state index in [1.54, 1.807) is 23.5 Å². The van der Waals surface area contributed by atoms with Crippen LogP contribution in [0.4, 0.5) is 0 Å². The van der Waals surface area contributed by atoms with Gasteiger partial charge in [-0.2, -0.15) is 0 Å². The Hall–Kier alpha value is -1.37. The zero-order valence-electron chi connectivity index (χ0n) is 17.7. The normalized spacial score (nSPS) is 10.8. The molecule has 0 fully saturated rings. The highest BCUT2D eigenvalue weighted by atomic mass is 32.2. The Morgan fingerprint density at radius 1 is 0.867 bits per heavy atom. The van der Waals surface area contributed by atoms with Crippen LogP contribution in [0, 0.1) is 24.7 Å². The molecule has 0 atom stereocenters. The van der Waals surface area contributed by atoms with E-state index in [2.05, 4.69) is 16.0 Å². The van der Waals surface area contributed by atoms with Crippen LogP contribution in [0.3, 0.4) is 0 Å². The molecular formula is C24H40N2O2S2. The summed E-state index contributed by atoms with van der Waals surface area (Å²) in [5, 5.41) is 11.1. The summed E-state index contributed by atoms with van der Waals surface area (Å²) in [5.74, 6) is 1.66. The van der Waals surface area contributed by atoms with E-state index in [0.29, 0.717) is 0 Å². The summed E-state index contributed by atoms with van der Waals surface area (Å²) < 4.78 is 0. The minimum absolute atomic E-state index is 0. The van der Waals surface area contributed by atoms with Crippen molar-refractivity contribution in [3.8, 4) is 0 Å². The van der Waals surface area contributed by atoms with Crippen molar-refractivity contribution >= 4 is 29.8 Å². The highest BCUT2D eigenvalue weighted by Gasteiger charge is 2.17. The van der Waals surface area contributed by atoms with E-state index < -0.39 is 0 Å². The molecule has 4 nitrogen and oxygen atoms in total. The molecule has 2 heterocycles. The molecule has 2 aromatic heterocycles. The zero-order valence-corrected chi connectivity index (χ0v) is 19.4. The van der Waals surface area contributed by atoms with Crippen molar-refractivity contribution < 1.29 is 9.90 Å². The molecule has 2 aromatic rings. The van der Waals surface area contributed by atoms with Gasteiger partial charge >= 0.3 is 0 Å². The molecule has 0 aliphatic carbocycles. The van der Waals surface area contributed by atoms with Gasteiger partial charge in [-0.25, -0.2) is 9.97 Å². The summed E-state index contributed by atoms with van der Waals surface area (Å²) in [6.45, 7) is 12.2. The standard InChI is InChI=1S/C11H17NOS.C11H15NOS.2CH4/c2*1-9-4-5-10(12-6-9)14-8-11(2,3)7-13;;/h4-6,13H,7-8H2,1-3H3;4-7H,8H2,1-3H3;2*1H4. The Balaban J connectivity index is 0. The van der Waals surface area contributed by atoms with Crippen molar-refractivity contribution in [3.05, 3.63) is 47.8 Å². The molecule has 0 saturated carbocycles. The highest BCUT2D eigenvalue weighted by molar-refractivity contribution is 7.99. The van der Waals surface area contributed by atoms with Crippen LogP contribution in [0.5, 0.6) is 0 Å². The molecule has 2 rings (SSSR count). The minimum atomic E-state index is -0.267. The average molecular weight is 453 g/mol. The van der Waals surface area contributed by atoms with Crippen molar-refractivity contribution in [2.45, 2.75) is 66.4 Å². The van der Waals surface area contributed by atoms with Crippen molar-refractivity contribution in [3.63, 3.8) is 0 Å². The number of aryl methyl sites for hydroxylation is 2. The fourth-order valence-corrected chi connectivity index (χ4v) is 3.49. The van der Waals surface area contributed by atoms with Gasteiger partial charge in [0.05, 0.1) is 10.1 Å². The van der Waals surface area contributed by atoms with Crippen molar-refractivity contribution in [2.75, 3.05) is 18.1 Å². The Bertz CT molecular complexity index is 715. The van der Waals surface area contributed by atoms with Crippen LogP contribution in [-0.2, 0) is 4.79 Å². The lowest BCUT2D eigenvalue weighted by Crippen LogP contribution is -2.19. The van der Waals surface area contributed by atoms with Crippen LogP contribution < -0.4 is 0 Å². The number of thioether (sulfide) groups is 2. The third-order valence-corrected chi connectivity index (χ3v) is 6.61. The fourth-order valence-electron chi connectivity index (χ4n) is 1.69. The van der Waals surface area contributed by atoms with Gasteiger partial charge in [0.2, 0.25) is 0 Å². The number of aliphatic hydroxyl groups is 1. The first kappa shape index (κ1) is 30.8. The first-order chi connectivity index (χ1) is 13.1. The Kier molecular flexibility index (Phi) is 15.0. The van der Waals surface area contributed by atoms with Crippen molar-refractivity contribution in [2.24, 2.45) is 10.8 Å². The van der Waals surface area contributed by atoms with Crippen molar-refractivity contribution in [1.82, 2.24) is 9.97 Å². The van der Waals surface area contributed by atoms with E-state index in [0.717, 1.165) is 33.4 Å². The molecule has 6 heteroatoms. The third kappa shape index (κ3) is 13.0. The van der Waals surface area contributed by atoms with E-state index >= 15 is 0 Å². The third-order valence-electron chi connectivity index (χ3n) is 3.72. The van der Waals surface area contributed by atoms with E-state index in [1.807, 2.05) is 72.1 Å². The molecule has 0 unspecified atom stereocenters. The SMILES string of the molecule is C.C.Cc1ccc(SCC(C)(C)C=O)nc1.Cc1ccc(SCC(C)(C)CO)nc1. The van der Waals surface area contributed by atoms with Gasteiger partial charge in [0.1, 0.15) is 6.29 Å². The number of carbonyl (C=O) groups excluding carboxylic acids is 1. The molecule has 0 aliphatic heterocycles. The zero-order chi connectivity index (χ0) is 21.2. The maximum Gasteiger partial charge on any atom is 0.126 e. The van der Waals surface area contributed by atoms with Gasteiger partial charge in [-0.1, -0.05) is 54.7 Å². The van der Waals surface area contributed by atoms with Gasteiger partial charge in [0.25, 0.3) is 0 Å². The molecule has 0 radical (unpaired) electrons. The minimum Gasteiger partial charge on any atom is -0.396 e. The lowest BCUT2D eigenvalue weighted by Gasteiger charge is -2.20. The van der Waals surface area contributed by atoms with E-state index in [4.69, 9.17) is 5.11 Å². The van der Waals surface area contributed by atoms with Gasteiger partial charge in [-0.15, -0.1) is 23.5 Å². The van der Waals surface area contributed by atoms with E-state index in [1.165, 1.54) is 5.56 Å². The topological polar surface area (TPSA) is 63.1 Å². The summed E-state index contributed by atoms with van der Waals surface area (Å²) in [4.78, 5) is 19.2. The molecule has 0 aliphatic rings. The van der Waals surface area contributed by atoms with Crippen LogP contribution in [0.25, 0.3) is 0 Å². The molecule has 0 aromatic carbocycles. The van der Waals surface area contributed by atoms with Crippen LogP contribution >= 0.6 is 23.5 Å². The number of rotatable bonds is 8. The summed E-state index contributed by atoms with van der Waals surface area (Å²) in [7, 11) is 0. The molecule has 170 valence electrons. The lowest BCUT2D eigenvalue weighted by molar-refractivity contribution is -0.113. The Labute approximate surface area is 192 Å². The highest BCUT2D eigenvalue weighted by Crippen LogP contribution is 2.26. The first-order valence-electron chi connectivity index (χ1n) is 9.25. The summed E-state index contributed by atoms with van der Waals surface area (Å²) in [6.07, 6.45) is 4.71. The van der Waals surface area contributed by atoms with Gasteiger partial charge in [0, 0.05) is 35.9 Å². The number of pyridine rings is 2. The Morgan fingerprint density at radius 3 is 1.63 bits per heavy atom. The second kappa shape index (κ2) is 14.6. The van der Waals surface area contributed by atoms with Crippen molar-refractivity contribution in [1.29, 1.82) is 0 Å². The lowest BCUT2D eigenvalue weighted by atomic mass is 9.98. The smallest absolute Gasteiger partial charge is 0.126 e. The largest absolute Gasteiger partial charge is 0.396 e. The van der Waals surface area contributed by atoms with E-state index in [-0.39, 0.29) is 32.3 Å². The summed E-state index contributed by atoms with van der Waals surface area (Å²) in [6, 6.07) is 8.10. The fraction of sp³-hybridized carbons (Fsp3) is 0.542. The number of carbonyl (C=O) groups is 1. The maximum absolute atomic E-state index is 10.7. The summed E-state index contributed by atoms with van der Waals surface area (Å²) in [5.41, 5.74) is 2.04. The molecule has 0 amide bonds. The van der Waals surface area contributed by atoms with Crippen LogP contribution in [0.2, 0.25) is 0 Å². The number of aliphatic hydroxyl groups excluding tert-OH is 1. The average Bonchev–Trinajstić information content (AvgIpc) is 2.68. The second-order valence-electron chi connectivity index (χ2n) is 8.35.